The van der Waals surface area contributed by atoms with Crippen molar-refractivity contribution >= 4 is 10.9 Å². The predicted octanol–water partition coefficient (Wildman–Crippen LogP) is 11.4. The largest absolute Gasteiger partial charge is 0.355 e. The number of halogens is 2. The first-order valence-corrected chi connectivity index (χ1v) is 15.3. The van der Waals surface area contributed by atoms with E-state index in [2.05, 4.69) is 47.8 Å². The molecule has 6 heteroatoms. The summed E-state index contributed by atoms with van der Waals surface area (Å²) in [6, 6.07) is 49.5. The van der Waals surface area contributed by atoms with Crippen LogP contribution in [-0.2, 0) is 5.54 Å². The van der Waals surface area contributed by atoms with Crippen molar-refractivity contribution in [1.29, 1.82) is 0 Å². The van der Waals surface area contributed by atoms with Crippen LogP contribution in [0, 0.1) is 11.6 Å². The van der Waals surface area contributed by atoms with Crippen LogP contribution in [0.25, 0.3) is 44.6 Å². The fourth-order valence-electron chi connectivity index (χ4n) is 6.43. The fourth-order valence-corrected chi connectivity index (χ4v) is 6.43. The summed E-state index contributed by atoms with van der Waals surface area (Å²) in [7, 11) is 0. The Morgan fingerprint density at radius 2 is 1.00 bits per heavy atom. The number of hydrogen-bond acceptors (Lipinski definition) is 3. The fraction of sp³-hybridized carbons (Fsp3) is 0.0698. The summed E-state index contributed by atoms with van der Waals surface area (Å²) in [5.74, 6) is -0.102. The van der Waals surface area contributed by atoms with Gasteiger partial charge in [-0.3, -0.25) is 4.68 Å². The average Bonchev–Trinajstić information content (AvgIpc) is 3.76. The van der Waals surface area contributed by atoms with Gasteiger partial charge in [-0.05, 0) is 82.9 Å². The zero-order chi connectivity index (χ0) is 31.8. The summed E-state index contributed by atoms with van der Waals surface area (Å²) in [6.45, 7) is 0. The van der Waals surface area contributed by atoms with Gasteiger partial charge in [0.05, 0.1) is 5.39 Å². The monoisotopic (exact) mass is 647 g/mol. The van der Waals surface area contributed by atoms with Gasteiger partial charge in [-0.15, -0.1) is 0 Å². The molecule has 8 aromatic rings. The zero-order valence-corrected chi connectivity index (χ0v) is 25.1. The summed E-state index contributed by atoms with van der Waals surface area (Å²) < 4.78 is 35.7. The Balaban J connectivity index is 0.00000208. The molecule has 0 fully saturated rings. The summed E-state index contributed by atoms with van der Waals surface area (Å²) in [6.07, 6.45) is 2.07. The first kappa shape index (κ1) is 32.8. The van der Waals surface area contributed by atoms with Crippen LogP contribution in [0.1, 0.15) is 31.5 Å². The lowest BCUT2D eigenvalue weighted by atomic mass is 9.77. The Kier molecular flexibility index (Phi) is 9.06. The smallest absolute Gasteiger partial charge is 0.174 e. The standard InChI is InChI=1S/C41H27F2N3O.2CH4/c42-34-21-16-28(17-22-34)39-37(30-20-25-38-36(26-30)40(47-45-38)29-18-23-35(43)24-19-29)27-46(44-39)41(31-10-4-1-5-11-31,32-12-6-2-7-13-32)33-14-8-3-9-15-33;;/h1-27H;2*1H4. The SMILES string of the molecule is C.C.Fc1ccc(-c2nn(C(c3ccccc3)(c3ccccc3)c3ccccc3)cc2-c2ccc3noc(-c4ccc(F)cc4)c3c2)cc1. The second-order valence-electron chi connectivity index (χ2n) is 11.4. The van der Waals surface area contributed by atoms with Crippen molar-refractivity contribution in [3.05, 3.63) is 192 Å². The molecule has 0 radical (unpaired) electrons. The van der Waals surface area contributed by atoms with E-state index >= 15 is 0 Å². The molecule has 0 amide bonds. The number of nitrogens with zero attached hydrogens (tertiary/aromatic N) is 3. The Labute approximate surface area is 284 Å². The first-order valence-electron chi connectivity index (χ1n) is 15.3. The first-order chi connectivity index (χ1) is 23.1. The van der Waals surface area contributed by atoms with Crippen LogP contribution in [0.4, 0.5) is 8.78 Å². The molecule has 2 heterocycles. The van der Waals surface area contributed by atoms with E-state index in [4.69, 9.17) is 9.62 Å². The van der Waals surface area contributed by atoms with Crippen molar-refractivity contribution in [3.63, 3.8) is 0 Å². The van der Waals surface area contributed by atoms with Gasteiger partial charge in [-0.2, -0.15) is 5.10 Å². The molecule has 0 unspecified atom stereocenters. The van der Waals surface area contributed by atoms with E-state index in [0.717, 1.165) is 44.3 Å². The molecule has 4 nitrogen and oxygen atoms in total. The van der Waals surface area contributed by atoms with Gasteiger partial charge < -0.3 is 4.52 Å². The van der Waals surface area contributed by atoms with E-state index in [9.17, 15) is 8.78 Å². The molecule has 0 N–H and O–H groups in total. The highest BCUT2D eigenvalue weighted by Crippen LogP contribution is 2.44. The minimum atomic E-state index is -0.850. The van der Waals surface area contributed by atoms with E-state index in [1.54, 1.807) is 24.3 Å². The van der Waals surface area contributed by atoms with Crippen molar-refractivity contribution < 1.29 is 13.3 Å². The van der Waals surface area contributed by atoms with Crippen molar-refractivity contribution in [2.45, 2.75) is 20.4 Å². The molecule has 0 saturated carbocycles. The van der Waals surface area contributed by atoms with Crippen LogP contribution in [0.3, 0.4) is 0 Å². The lowest BCUT2D eigenvalue weighted by Crippen LogP contribution is -2.38. The van der Waals surface area contributed by atoms with Crippen molar-refractivity contribution in [3.8, 4) is 33.7 Å². The van der Waals surface area contributed by atoms with E-state index in [1.165, 1.54) is 24.3 Å². The maximum absolute atomic E-state index is 14.2. The Morgan fingerprint density at radius 1 is 0.531 bits per heavy atom. The third-order valence-electron chi connectivity index (χ3n) is 8.64. The Morgan fingerprint density at radius 3 is 1.51 bits per heavy atom. The van der Waals surface area contributed by atoms with E-state index in [1.807, 2.05) is 77.5 Å². The minimum absolute atomic E-state index is 0. The molecule has 0 aliphatic heterocycles. The van der Waals surface area contributed by atoms with Gasteiger partial charge in [0.25, 0.3) is 0 Å². The molecule has 0 saturated heterocycles. The third-order valence-corrected chi connectivity index (χ3v) is 8.64. The number of benzene rings is 6. The molecule has 0 spiro atoms. The van der Waals surface area contributed by atoms with Gasteiger partial charge >= 0.3 is 0 Å². The van der Waals surface area contributed by atoms with Crippen molar-refractivity contribution in [2.75, 3.05) is 0 Å². The van der Waals surface area contributed by atoms with E-state index in [-0.39, 0.29) is 26.5 Å². The number of rotatable bonds is 7. The van der Waals surface area contributed by atoms with Crippen LogP contribution in [0.15, 0.2) is 168 Å². The van der Waals surface area contributed by atoms with E-state index in [0.29, 0.717) is 17.0 Å². The third kappa shape index (κ3) is 5.72. The molecule has 2 aromatic heterocycles. The van der Waals surface area contributed by atoms with Gasteiger partial charge in [0.15, 0.2) is 5.76 Å². The van der Waals surface area contributed by atoms with Crippen LogP contribution < -0.4 is 0 Å². The lowest BCUT2D eigenvalue weighted by Gasteiger charge is -2.36. The molecular formula is C43H35F2N3O. The van der Waals surface area contributed by atoms with Gasteiger partial charge in [0.2, 0.25) is 0 Å². The highest BCUT2D eigenvalue weighted by molar-refractivity contribution is 5.96. The predicted molar refractivity (Wildman–Crippen MR) is 194 cm³/mol. The molecule has 0 bridgehead atoms. The number of aromatic nitrogens is 3. The summed E-state index contributed by atoms with van der Waals surface area (Å²) in [4.78, 5) is 0. The van der Waals surface area contributed by atoms with Gasteiger partial charge in [-0.25, -0.2) is 8.78 Å². The molecule has 0 aliphatic rings. The summed E-state index contributed by atoms with van der Waals surface area (Å²) >= 11 is 0. The normalized spacial score (nSPS) is 11.1. The van der Waals surface area contributed by atoms with Crippen LogP contribution in [0.2, 0.25) is 0 Å². The minimum Gasteiger partial charge on any atom is -0.355 e. The molecular weight excluding hydrogens is 612 g/mol. The topological polar surface area (TPSA) is 43.9 Å². The molecule has 0 aliphatic carbocycles. The quantitative estimate of drug-likeness (QED) is 0.162. The maximum Gasteiger partial charge on any atom is 0.174 e. The molecule has 49 heavy (non-hydrogen) atoms. The molecule has 242 valence electrons. The second-order valence-corrected chi connectivity index (χ2v) is 11.4. The van der Waals surface area contributed by atoms with Crippen LogP contribution in [0.5, 0.6) is 0 Å². The Bertz CT molecular complexity index is 2200. The maximum atomic E-state index is 14.2. The highest BCUT2D eigenvalue weighted by atomic mass is 19.1. The molecule has 8 rings (SSSR count). The number of hydrogen-bond donors (Lipinski definition) is 0. The van der Waals surface area contributed by atoms with Gasteiger partial charge in [-0.1, -0.05) is 117 Å². The number of fused-ring (bicyclic) bond motifs is 1. The second kappa shape index (κ2) is 13.5. The van der Waals surface area contributed by atoms with Gasteiger partial charge in [0.1, 0.15) is 28.4 Å². The molecule has 0 atom stereocenters. The van der Waals surface area contributed by atoms with Crippen molar-refractivity contribution in [1.82, 2.24) is 14.9 Å². The van der Waals surface area contributed by atoms with E-state index < -0.39 is 5.54 Å². The Hall–Kier alpha value is -6.14. The zero-order valence-electron chi connectivity index (χ0n) is 25.1. The molecule has 6 aromatic carbocycles. The van der Waals surface area contributed by atoms with Crippen molar-refractivity contribution in [2.24, 2.45) is 0 Å². The highest BCUT2D eigenvalue weighted by Gasteiger charge is 2.40. The average molecular weight is 648 g/mol. The lowest BCUT2D eigenvalue weighted by molar-refractivity contribution is 0.441. The summed E-state index contributed by atoms with van der Waals surface area (Å²) in [5, 5.41) is 10.4. The van der Waals surface area contributed by atoms with Gasteiger partial charge in [0, 0.05) is 22.9 Å². The van der Waals surface area contributed by atoms with Crippen LogP contribution in [-0.4, -0.2) is 14.9 Å². The van der Waals surface area contributed by atoms with Crippen LogP contribution >= 0.6 is 0 Å². The summed E-state index contributed by atoms with van der Waals surface area (Å²) in [5.41, 5.74) is 6.82.